The summed E-state index contributed by atoms with van der Waals surface area (Å²) in [6, 6.07) is 17.0. The average molecular weight is 326 g/mol. The van der Waals surface area contributed by atoms with E-state index in [4.69, 9.17) is 23.1 Å². The maximum atomic E-state index is 9.69. The topological polar surface area (TPSA) is 65.5 Å². The largest absolute Gasteiger partial charge is 0.497 e. The molecule has 0 heterocycles. The van der Waals surface area contributed by atoms with Crippen molar-refractivity contribution in [2.24, 2.45) is 0 Å². The van der Waals surface area contributed by atoms with Crippen molar-refractivity contribution in [3.8, 4) is 17.9 Å². The molecule has 0 N–H and O–H groups in total. The lowest BCUT2D eigenvalue weighted by molar-refractivity contribution is 0.414. The van der Waals surface area contributed by atoms with Crippen LogP contribution in [-0.2, 0) is 12.0 Å². The molecule has 5 nitrogen and oxygen atoms in total. The predicted octanol–water partition coefficient (Wildman–Crippen LogP) is 4.06. The highest BCUT2D eigenvalue weighted by Gasteiger charge is 2.39. The van der Waals surface area contributed by atoms with Crippen LogP contribution < -0.4 is 4.74 Å². The summed E-state index contributed by atoms with van der Waals surface area (Å²) in [5.74, 6) is 0.665. The van der Waals surface area contributed by atoms with Gasteiger partial charge in [-0.05, 0) is 42.0 Å². The van der Waals surface area contributed by atoms with E-state index in [0.29, 0.717) is 16.9 Å². The van der Waals surface area contributed by atoms with E-state index in [1.807, 2.05) is 18.2 Å². The SMILES string of the molecule is [C-]#[N+]C(C#N)c1ccc(C(C#N)(Cc2cccc(OC)c2)[N+]#[C-])cc1. The van der Waals surface area contributed by atoms with Gasteiger partial charge in [-0.1, -0.05) is 12.1 Å². The summed E-state index contributed by atoms with van der Waals surface area (Å²) in [5, 5.41) is 18.7. The molecule has 0 aromatic heterocycles. The number of methoxy groups -OCH3 is 1. The number of hydrogen-bond donors (Lipinski definition) is 0. The Labute approximate surface area is 147 Å². The first-order valence-electron chi connectivity index (χ1n) is 7.42. The molecule has 2 unspecified atom stereocenters. The van der Waals surface area contributed by atoms with Crippen LogP contribution in [0.4, 0.5) is 0 Å². The van der Waals surface area contributed by atoms with Crippen LogP contribution >= 0.6 is 0 Å². The minimum atomic E-state index is -1.37. The molecule has 0 aliphatic carbocycles. The van der Waals surface area contributed by atoms with Gasteiger partial charge < -0.3 is 4.74 Å². The van der Waals surface area contributed by atoms with Gasteiger partial charge in [-0.15, -0.1) is 0 Å². The van der Waals surface area contributed by atoms with Crippen molar-refractivity contribution in [1.82, 2.24) is 0 Å². The molecule has 120 valence electrons. The summed E-state index contributed by atoms with van der Waals surface area (Å²) in [4.78, 5) is 6.84. The second-order valence-corrected chi connectivity index (χ2v) is 5.39. The Balaban J connectivity index is 2.40. The highest BCUT2D eigenvalue weighted by atomic mass is 16.5. The molecule has 0 aliphatic rings. The van der Waals surface area contributed by atoms with Crippen molar-refractivity contribution >= 4 is 0 Å². The number of nitrogens with zero attached hydrogens (tertiary/aromatic N) is 4. The normalized spacial score (nSPS) is 13.2. The van der Waals surface area contributed by atoms with Crippen molar-refractivity contribution in [3.05, 3.63) is 88.1 Å². The Morgan fingerprint density at radius 1 is 1.16 bits per heavy atom. The molecular weight excluding hydrogens is 312 g/mol. The summed E-state index contributed by atoms with van der Waals surface area (Å²) >= 11 is 0. The molecule has 0 spiro atoms. The zero-order valence-electron chi connectivity index (χ0n) is 13.6. The zero-order chi connectivity index (χ0) is 18.3. The van der Waals surface area contributed by atoms with E-state index in [0.717, 1.165) is 5.56 Å². The molecule has 0 bridgehead atoms. The van der Waals surface area contributed by atoms with E-state index in [1.165, 1.54) is 0 Å². The monoisotopic (exact) mass is 326 g/mol. The second-order valence-electron chi connectivity index (χ2n) is 5.39. The molecule has 2 aromatic carbocycles. The maximum Gasteiger partial charge on any atom is 0.344 e. The Hall–Kier alpha value is -3.80. The zero-order valence-corrected chi connectivity index (χ0v) is 13.6. The number of nitriles is 2. The fourth-order valence-electron chi connectivity index (χ4n) is 2.53. The van der Waals surface area contributed by atoms with Crippen LogP contribution in [0.25, 0.3) is 9.69 Å². The third kappa shape index (κ3) is 3.59. The van der Waals surface area contributed by atoms with E-state index >= 15 is 0 Å². The molecule has 5 heteroatoms. The van der Waals surface area contributed by atoms with Crippen LogP contribution in [0.5, 0.6) is 5.75 Å². The summed E-state index contributed by atoms with van der Waals surface area (Å²) in [5.41, 5.74) is 0.542. The quantitative estimate of drug-likeness (QED) is 0.778. The van der Waals surface area contributed by atoms with E-state index < -0.39 is 11.6 Å². The van der Waals surface area contributed by atoms with Crippen molar-refractivity contribution in [2.75, 3.05) is 7.11 Å². The molecule has 0 saturated heterocycles. The lowest BCUT2D eigenvalue weighted by Gasteiger charge is -2.15. The molecule has 0 fully saturated rings. The molecule has 0 saturated carbocycles. The lowest BCUT2D eigenvalue weighted by Crippen LogP contribution is -2.22. The molecular formula is C20H14N4O. The van der Waals surface area contributed by atoms with Crippen molar-refractivity contribution in [3.63, 3.8) is 0 Å². The molecule has 2 aromatic rings. The number of hydrogen-bond acceptors (Lipinski definition) is 3. The van der Waals surface area contributed by atoms with Crippen LogP contribution in [0, 0.1) is 35.8 Å². The van der Waals surface area contributed by atoms with E-state index in [2.05, 4.69) is 15.8 Å². The van der Waals surface area contributed by atoms with Gasteiger partial charge in [0.05, 0.1) is 19.1 Å². The van der Waals surface area contributed by atoms with Gasteiger partial charge in [0.25, 0.3) is 0 Å². The highest BCUT2D eigenvalue weighted by Crippen LogP contribution is 2.32. The third-order valence-electron chi connectivity index (χ3n) is 3.93. The molecule has 0 radical (unpaired) electrons. The Bertz CT molecular complexity index is 892. The summed E-state index contributed by atoms with van der Waals surface area (Å²) in [6.45, 7) is 14.6. The summed E-state index contributed by atoms with van der Waals surface area (Å²) in [7, 11) is 1.56. The first-order valence-corrected chi connectivity index (χ1v) is 7.42. The standard InChI is InChI=1S/C20H14N4O/c1-23-19(13-21)16-7-9-17(10-8-16)20(14-22,24-2)12-15-5-4-6-18(11-15)25-3/h4-11,19H,12H2,3H3. The number of ether oxygens (including phenoxy) is 1. The Morgan fingerprint density at radius 3 is 2.40 bits per heavy atom. The first kappa shape index (κ1) is 17.6. The Kier molecular flexibility index (Phi) is 5.37. The van der Waals surface area contributed by atoms with Gasteiger partial charge in [0, 0.05) is 5.56 Å². The molecule has 0 aliphatic heterocycles. The molecule has 2 atom stereocenters. The smallest absolute Gasteiger partial charge is 0.344 e. The van der Waals surface area contributed by atoms with Crippen molar-refractivity contribution in [2.45, 2.75) is 18.0 Å². The van der Waals surface area contributed by atoms with Crippen LogP contribution in [0.3, 0.4) is 0 Å². The van der Waals surface area contributed by atoms with Gasteiger partial charge in [-0.2, -0.15) is 10.5 Å². The average Bonchev–Trinajstić information content (AvgIpc) is 2.68. The predicted molar refractivity (Wildman–Crippen MR) is 92.0 cm³/mol. The molecule has 0 amide bonds. The maximum absolute atomic E-state index is 9.69. The molecule has 2 rings (SSSR count). The third-order valence-corrected chi connectivity index (χ3v) is 3.93. The first-order chi connectivity index (χ1) is 12.1. The van der Waals surface area contributed by atoms with Crippen LogP contribution in [0.2, 0.25) is 0 Å². The second kappa shape index (κ2) is 7.65. The number of rotatable bonds is 5. The van der Waals surface area contributed by atoms with Crippen LogP contribution in [0.15, 0.2) is 48.5 Å². The van der Waals surface area contributed by atoms with E-state index in [1.54, 1.807) is 43.5 Å². The van der Waals surface area contributed by atoms with E-state index in [9.17, 15) is 5.26 Å². The van der Waals surface area contributed by atoms with Crippen molar-refractivity contribution < 1.29 is 4.74 Å². The van der Waals surface area contributed by atoms with E-state index in [-0.39, 0.29) is 6.42 Å². The summed E-state index contributed by atoms with van der Waals surface area (Å²) in [6.07, 6.45) is 0.216. The van der Waals surface area contributed by atoms with Gasteiger partial charge in [0.1, 0.15) is 5.75 Å². The van der Waals surface area contributed by atoms with Crippen molar-refractivity contribution in [1.29, 1.82) is 10.5 Å². The van der Waals surface area contributed by atoms with Gasteiger partial charge in [0.2, 0.25) is 0 Å². The van der Waals surface area contributed by atoms with Gasteiger partial charge in [-0.25, -0.2) is 13.1 Å². The van der Waals surface area contributed by atoms with Crippen LogP contribution in [0.1, 0.15) is 22.7 Å². The summed E-state index contributed by atoms with van der Waals surface area (Å²) < 4.78 is 5.19. The fourth-order valence-corrected chi connectivity index (χ4v) is 2.53. The highest BCUT2D eigenvalue weighted by molar-refractivity contribution is 5.42. The van der Waals surface area contributed by atoms with Gasteiger partial charge in [-0.3, -0.25) is 9.69 Å². The van der Waals surface area contributed by atoms with Gasteiger partial charge >= 0.3 is 11.6 Å². The Morgan fingerprint density at radius 2 is 1.88 bits per heavy atom. The number of benzene rings is 2. The van der Waals surface area contributed by atoms with Gasteiger partial charge in [0.15, 0.2) is 12.1 Å². The minimum Gasteiger partial charge on any atom is -0.497 e. The van der Waals surface area contributed by atoms with Crippen LogP contribution in [-0.4, -0.2) is 7.11 Å². The lowest BCUT2D eigenvalue weighted by atomic mass is 9.85. The molecule has 25 heavy (non-hydrogen) atoms. The minimum absolute atomic E-state index is 0.216. The fraction of sp³-hybridized carbons (Fsp3) is 0.200.